The van der Waals surface area contributed by atoms with Crippen molar-refractivity contribution in [1.82, 2.24) is 5.32 Å². The minimum atomic E-state index is -0.760. The van der Waals surface area contributed by atoms with Crippen molar-refractivity contribution < 1.29 is 14.7 Å². The summed E-state index contributed by atoms with van der Waals surface area (Å²) in [5.41, 5.74) is 1.32. The Morgan fingerprint density at radius 2 is 1.67 bits per heavy atom. The Kier molecular flexibility index (Phi) is 9.13. The molecule has 0 atom stereocenters. The number of carbonyl (C=O) groups excluding carboxylic acids is 1. The fourth-order valence-corrected chi connectivity index (χ4v) is 2.14. The van der Waals surface area contributed by atoms with E-state index in [2.05, 4.69) is 17.4 Å². The molecule has 0 heterocycles. The molecule has 0 saturated carbocycles. The zero-order chi connectivity index (χ0) is 15.3. The van der Waals surface area contributed by atoms with E-state index in [0.29, 0.717) is 25.9 Å². The Morgan fingerprint density at radius 3 is 2.38 bits per heavy atom. The molecule has 0 aliphatic heterocycles. The van der Waals surface area contributed by atoms with Gasteiger partial charge in [-0.25, -0.2) is 0 Å². The van der Waals surface area contributed by atoms with Gasteiger partial charge in [0.05, 0.1) is 6.54 Å². The molecule has 0 spiro atoms. The highest BCUT2D eigenvalue weighted by molar-refractivity contribution is 5.80. The van der Waals surface area contributed by atoms with E-state index >= 15 is 0 Å². The van der Waals surface area contributed by atoms with Gasteiger partial charge in [0.1, 0.15) is 5.78 Å². The van der Waals surface area contributed by atoms with Gasteiger partial charge in [0.2, 0.25) is 0 Å². The number of hydrogen-bond donors (Lipinski definition) is 2. The number of ketones is 1. The van der Waals surface area contributed by atoms with Crippen LogP contribution in [0.1, 0.15) is 44.1 Å². The second kappa shape index (κ2) is 11.0. The zero-order valence-electron chi connectivity index (χ0n) is 12.5. The van der Waals surface area contributed by atoms with E-state index in [-0.39, 0.29) is 12.2 Å². The molecule has 0 aliphatic carbocycles. The van der Waals surface area contributed by atoms with E-state index in [9.17, 15) is 9.59 Å². The molecule has 2 N–H and O–H groups in total. The second-order valence-electron chi connectivity index (χ2n) is 5.26. The van der Waals surface area contributed by atoms with Gasteiger partial charge < -0.3 is 10.4 Å². The van der Waals surface area contributed by atoms with Gasteiger partial charge in [-0.05, 0) is 44.2 Å². The van der Waals surface area contributed by atoms with Crippen LogP contribution in [0.15, 0.2) is 30.3 Å². The summed E-state index contributed by atoms with van der Waals surface area (Å²) in [5.74, 6) is -0.522. The minimum Gasteiger partial charge on any atom is -0.481 e. The first-order valence-electron chi connectivity index (χ1n) is 7.66. The SMILES string of the molecule is O=C(O)CCCCNCC(=O)CCCCc1ccccc1. The van der Waals surface area contributed by atoms with Crippen molar-refractivity contribution in [3.63, 3.8) is 0 Å². The van der Waals surface area contributed by atoms with Crippen molar-refractivity contribution in [2.75, 3.05) is 13.1 Å². The maximum absolute atomic E-state index is 11.6. The molecule has 0 aliphatic rings. The summed E-state index contributed by atoms with van der Waals surface area (Å²) in [6.45, 7) is 1.11. The molecule has 4 heteroatoms. The van der Waals surface area contributed by atoms with Crippen molar-refractivity contribution in [3.05, 3.63) is 35.9 Å². The van der Waals surface area contributed by atoms with E-state index in [1.807, 2.05) is 18.2 Å². The van der Waals surface area contributed by atoms with Crippen LogP contribution >= 0.6 is 0 Å². The molecule has 0 aromatic heterocycles. The number of carboxylic acid groups (broad SMARTS) is 1. The minimum absolute atomic E-state index is 0.203. The molecule has 1 rings (SSSR count). The van der Waals surface area contributed by atoms with Gasteiger partial charge in [-0.15, -0.1) is 0 Å². The van der Waals surface area contributed by atoms with Gasteiger partial charge in [0.15, 0.2) is 0 Å². The average molecular weight is 291 g/mol. The first-order chi connectivity index (χ1) is 10.2. The van der Waals surface area contributed by atoms with Crippen LogP contribution in [0.2, 0.25) is 0 Å². The number of nitrogens with one attached hydrogen (secondary N) is 1. The summed E-state index contributed by atoms with van der Waals surface area (Å²) in [6.07, 6.45) is 5.27. The Morgan fingerprint density at radius 1 is 0.952 bits per heavy atom. The van der Waals surface area contributed by atoms with Crippen LogP contribution in [-0.4, -0.2) is 29.9 Å². The van der Waals surface area contributed by atoms with Crippen molar-refractivity contribution in [1.29, 1.82) is 0 Å². The number of carboxylic acids is 1. The van der Waals surface area contributed by atoms with E-state index in [1.165, 1.54) is 5.56 Å². The molecule has 0 unspecified atom stereocenters. The number of aryl methyl sites for hydroxylation is 1. The molecule has 1 aromatic carbocycles. The van der Waals surface area contributed by atoms with Crippen LogP contribution in [-0.2, 0) is 16.0 Å². The van der Waals surface area contributed by atoms with Gasteiger partial charge in [-0.3, -0.25) is 9.59 Å². The summed E-state index contributed by atoms with van der Waals surface area (Å²) < 4.78 is 0. The van der Waals surface area contributed by atoms with Crippen LogP contribution < -0.4 is 5.32 Å². The number of aliphatic carboxylic acids is 1. The van der Waals surface area contributed by atoms with Crippen molar-refractivity contribution in [3.8, 4) is 0 Å². The molecule has 4 nitrogen and oxygen atoms in total. The summed E-state index contributed by atoms with van der Waals surface area (Å²) in [6, 6.07) is 10.3. The van der Waals surface area contributed by atoms with Gasteiger partial charge in [-0.1, -0.05) is 30.3 Å². The van der Waals surface area contributed by atoms with Crippen molar-refractivity contribution in [2.24, 2.45) is 0 Å². The number of unbranched alkanes of at least 4 members (excludes halogenated alkanes) is 2. The number of rotatable bonds is 12. The highest BCUT2D eigenvalue weighted by Gasteiger charge is 2.02. The summed E-state index contributed by atoms with van der Waals surface area (Å²) >= 11 is 0. The molecular weight excluding hydrogens is 266 g/mol. The molecule has 0 radical (unpaired) electrons. The Bertz CT molecular complexity index is 417. The van der Waals surface area contributed by atoms with Gasteiger partial charge in [0, 0.05) is 12.8 Å². The Hall–Kier alpha value is -1.68. The predicted molar refractivity (Wildman–Crippen MR) is 83.4 cm³/mol. The molecule has 0 amide bonds. The number of hydrogen-bond acceptors (Lipinski definition) is 3. The number of Topliss-reactive ketones (excluding diaryl/α,β-unsaturated/α-hetero) is 1. The van der Waals surface area contributed by atoms with Gasteiger partial charge >= 0.3 is 5.97 Å². The van der Waals surface area contributed by atoms with Gasteiger partial charge in [0.25, 0.3) is 0 Å². The summed E-state index contributed by atoms with van der Waals surface area (Å²) in [7, 11) is 0. The van der Waals surface area contributed by atoms with Crippen LogP contribution in [0.25, 0.3) is 0 Å². The van der Waals surface area contributed by atoms with E-state index in [0.717, 1.165) is 25.7 Å². The Labute approximate surface area is 126 Å². The lowest BCUT2D eigenvalue weighted by Crippen LogP contribution is -2.23. The van der Waals surface area contributed by atoms with Crippen molar-refractivity contribution in [2.45, 2.75) is 44.9 Å². The smallest absolute Gasteiger partial charge is 0.303 e. The molecule has 1 aromatic rings. The highest BCUT2D eigenvalue weighted by atomic mass is 16.4. The average Bonchev–Trinajstić information content (AvgIpc) is 2.48. The zero-order valence-corrected chi connectivity index (χ0v) is 12.5. The lowest BCUT2D eigenvalue weighted by molar-refractivity contribution is -0.137. The Balaban J connectivity index is 1.93. The monoisotopic (exact) mass is 291 g/mol. The fourth-order valence-electron chi connectivity index (χ4n) is 2.14. The lowest BCUT2D eigenvalue weighted by atomic mass is 10.1. The fraction of sp³-hybridized carbons (Fsp3) is 0.529. The van der Waals surface area contributed by atoms with E-state index in [4.69, 9.17) is 5.11 Å². The van der Waals surface area contributed by atoms with E-state index in [1.54, 1.807) is 0 Å². The maximum atomic E-state index is 11.6. The van der Waals surface area contributed by atoms with Gasteiger partial charge in [-0.2, -0.15) is 0 Å². The largest absolute Gasteiger partial charge is 0.481 e. The summed E-state index contributed by atoms with van der Waals surface area (Å²) in [4.78, 5) is 22.0. The third-order valence-electron chi connectivity index (χ3n) is 3.33. The molecule has 21 heavy (non-hydrogen) atoms. The first kappa shape index (κ1) is 17.4. The number of carbonyl (C=O) groups is 2. The molecular formula is C17H25NO3. The molecule has 116 valence electrons. The third kappa shape index (κ3) is 9.79. The standard InChI is InChI=1S/C17H25NO3/c19-16(14-18-13-7-6-12-17(20)21)11-5-4-10-15-8-2-1-3-9-15/h1-3,8-9,18H,4-7,10-14H2,(H,20,21). The summed E-state index contributed by atoms with van der Waals surface area (Å²) in [5, 5.41) is 11.6. The van der Waals surface area contributed by atoms with Crippen LogP contribution in [0.5, 0.6) is 0 Å². The molecule has 0 bridgehead atoms. The van der Waals surface area contributed by atoms with E-state index < -0.39 is 5.97 Å². The van der Waals surface area contributed by atoms with Crippen LogP contribution in [0.3, 0.4) is 0 Å². The van der Waals surface area contributed by atoms with Crippen molar-refractivity contribution >= 4 is 11.8 Å². The maximum Gasteiger partial charge on any atom is 0.303 e. The quantitative estimate of drug-likeness (QED) is 0.581. The topological polar surface area (TPSA) is 66.4 Å². The molecule has 0 fully saturated rings. The lowest BCUT2D eigenvalue weighted by Gasteiger charge is -2.04. The normalized spacial score (nSPS) is 10.5. The molecule has 0 saturated heterocycles. The first-order valence-corrected chi connectivity index (χ1v) is 7.66. The highest BCUT2D eigenvalue weighted by Crippen LogP contribution is 2.06. The predicted octanol–water partition coefficient (Wildman–Crippen LogP) is 2.81. The third-order valence-corrected chi connectivity index (χ3v) is 3.33. The second-order valence-corrected chi connectivity index (χ2v) is 5.26. The van der Waals surface area contributed by atoms with Crippen LogP contribution in [0.4, 0.5) is 0 Å². The van der Waals surface area contributed by atoms with Crippen LogP contribution in [0, 0.1) is 0 Å². The number of benzene rings is 1.